The van der Waals surface area contributed by atoms with Crippen LogP contribution in [0.2, 0.25) is 0 Å². The highest BCUT2D eigenvalue weighted by Gasteiger charge is 2.27. The Morgan fingerprint density at radius 2 is 2.25 bits per heavy atom. The van der Waals surface area contributed by atoms with Crippen molar-refractivity contribution in [3.8, 4) is 0 Å². The first-order chi connectivity index (χ1) is 9.81. The normalized spacial score (nSPS) is 23.3. The van der Waals surface area contributed by atoms with Gasteiger partial charge in [0.25, 0.3) is 0 Å². The molecule has 4 nitrogen and oxygen atoms in total. The number of ether oxygens (including phenoxy) is 1. The third kappa shape index (κ3) is 2.45. The van der Waals surface area contributed by atoms with Crippen LogP contribution in [0, 0.1) is 5.92 Å². The first-order valence-electron chi connectivity index (χ1n) is 7.48. The van der Waals surface area contributed by atoms with E-state index in [0.717, 1.165) is 24.4 Å². The number of hydrogen-bond acceptors (Lipinski definition) is 3. The zero-order valence-electron chi connectivity index (χ0n) is 12.3. The fourth-order valence-corrected chi connectivity index (χ4v) is 3.14. The zero-order valence-corrected chi connectivity index (χ0v) is 12.3. The Kier molecular flexibility index (Phi) is 4.03. The number of para-hydroxylation sites is 2. The molecule has 0 bridgehead atoms. The quantitative estimate of drug-likeness (QED) is 0.931. The van der Waals surface area contributed by atoms with Gasteiger partial charge in [-0.25, -0.2) is 4.98 Å². The van der Waals surface area contributed by atoms with Crippen molar-refractivity contribution in [2.75, 3.05) is 20.3 Å². The van der Waals surface area contributed by atoms with Crippen LogP contribution < -0.4 is 5.32 Å². The van der Waals surface area contributed by atoms with Crippen LogP contribution in [-0.4, -0.2) is 29.8 Å². The molecular formula is C16H23N3O. The Morgan fingerprint density at radius 1 is 1.40 bits per heavy atom. The highest BCUT2D eigenvalue weighted by Crippen LogP contribution is 2.30. The van der Waals surface area contributed by atoms with Gasteiger partial charge in [-0.3, -0.25) is 0 Å². The molecule has 1 aliphatic rings. The highest BCUT2D eigenvalue weighted by molar-refractivity contribution is 5.76. The van der Waals surface area contributed by atoms with Gasteiger partial charge < -0.3 is 14.6 Å². The van der Waals surface area contributed by atoms with E-state index in [4.69, 9.17) is 9.72 Å². The Morgan fingerprint density at radius 3 is 3.05 bits per heavy atom. The first kappa shape index (κ1) is 13.6. The number of piperidine rings is 1. The van der Waals surface area contributed by atoms with Crippen LogP contribution in [0.1, 0.15) is 31.6 Å². The number of rotatable bonds is 4. The molecule has 3 rings (SSSR count). The number of hydrogen-bond donors (Lipinski definition) is 1. The smallest absolute Gasteiger partial charge is 0.127 e. The van der Waals surface area contributed by atoms with Gasteiger partial charge in [0.15, 0.2) is 0 Å². The lowest BCUT2D eigenvalue weighted by molar-refractivity contribution is 0.184. The average Bonchev–Trinajstić information content (AvgIpc) is 2.84. The maximum atomic E-state index is 5.26. The molecule has 2 heterocycles. The number of aromatic nitrogens is 2. The average molecular weight is 273 g/mol. The minimum absolute atomic E-state index is 0.355. The maximum absolute atomic E-state index is 5.26. The van der Waals surface area contributed by atoms with Crippen molar-refractivity contribution in [1.29, 1.82) is 0 Å². The number of nitrogens with zero attached hydrogens (tertiary/aromatic N) is 2. The van der Waals surface area contributed by atoms with E-state index in [0.29, 0.717) is 18.6 Å². The molecule has 1 N–H and O–H groups in total. The largest absolute Gasteiger partial charge is 0.383 e. The van der Waals surface area contributed by atoms with Gasteiger partial charge in [0.2, 0.25) is 0 Å². The molecule has 1 aliphatic heterocycles. The lowest BCUT2D eigenvalue weighted by atomic mass is 9.92. The van der Waals surface area contributed by atoms with Crippen molar-refractivity contribution in [2.24, 2.45) is 5.92 Å². The molecule has 20 heavy (non-hydrogen) atoms. The van der Waals surface area contributed by atoms with E-state index in [2.05, 4.69) is 41.1 Å². The molecule has 0 spiro atoms. The van der Waals surface area contributed by atoms with Gasteiger partial charge in [0.05, 0.1) is 23.7 Å². The zero-order chi connectivity index (χ0) is 13.9. The minimum Gasteiger partial charge on any atom is -0.383 e. The van der Waals surface area contributed by atoms with Crippen LogP contribution in [-0.2, 0) is 11.3 Å². The molecular weight excluding hydrogens is 250 g/mol. The summed E-state index contributed by atoms with van der Waals surface area (Å²) in [5, 5.41) is 3.64. The van der Waals surface area contributed by atoms with Gasteiger partial charge in [-0.1, -0.05) is 19.1 Å². The Bertz CT molecular complexity index is 578. The van der Waals surface area contributed by atoms with Crippen LogP contribution in [0.15, 0.2) is 24.3 Å². The number of methoxy groups -OCH3 is 1. The van der Waals surface area contributed by atoms with Crippen molar-refractivity contribution in [3.63, 3.8) is 0 Å². The van der Waals surface area contributed by atoms with E-state index < -0.39 is 0 Å². The summed E-state index contributed by atoms with van der Waals surface area (Å²) in [7, 11) is 1.75. The summed E-state index contributed by atoms with van der Waals surface area (Å²) in [6.07, 6.45) is 2.53. The van der Waals surface area contributed by atoms with E-state index in [1.165, 1.54) is 18.4 Å². The van der Waals surface area contributed by atoms with Crippen molar-refractivity contribution < 1.29 is 4.74 Å². The molecule has 0 amide bonds. The second-order valence-corrected chi connectivity index (χ2v) is 5.65. The van der Waals surface area contributed by atoms with E-state index >= 15 is 0 Å². The Labute approximate surface area is 120 Å². The van der Waals surface area contributed by atoms with Crippen molar-refractivity contribution in [3.05, 3.63) is 30.1 Å². The second-order valence-electron chi connectivity index (χ2n) is 5.65. The van der Waals surface area contributed by atoms with Crippen LogP contribution in [0.3, 0.4) is 0 Å². The maximum Gasteiger partial charge on any atom is 0.127 e. The fourth-order valence-electron chi connectivity index (χ4n) is 3.14. The van der Waals surface area contributed by atoms with Crippen LogP contribution >= 0.6 is 0 Å². The molecule has 1 fully saturated rings. The molecule has 2 aromatic rings. The molecule has 1 aromatic carbocycles. The lowest BCUT2D eigenvalue weighted by Crippen LogP contribution is -2.35. The second kappa shape index (κ2) is 5.94. The molecule has 1 saturated heterocycles. The number of fused-ring (bicyclic) bond motifs is 1. The van der Waals surface area contributed by atoms with E-state index in [9.17, 15) is 0 Å². The summed E-state index contributed by atoms with van der Waals surface area (Å²) in [4.78, 5) is 4.88. The Balaban J connectivity index is 2.03. The molecule has 1 aromatic heterocycles. The number of benzene rings is 1. The number of imidazole rings is 1. The van der Waals surface area contributed by atoms with Gasteiger partial charge >= 0.3 is 0 Å². The van der Waals surface area contributed by atoms with Crippen molar-refractivity contribution >= 4 is 11.0 Å². The van der Waals surface area contributed by atoms with Crippen molar-refractivity contribution in [1.82, 2.24) is 14.9 Å². The monoisotopic (exact) mass is 273 g/mol. The molecule has 2 atom stereocenters. The van der Waals surface area contributed by atoms with Gasteiger partial charge in [-0.2, -0.15) is 0 Å². The van der Waals surface area contributed by atoms with E-state index in [-0.39, 0.29) is 0 Å². The van der Waals surface area contributed by atoms with Gasteiger partial charge in [0, 0.05) is 13.7 Å². The summed E-state index contributed by atoms with van der Waals surface area (Å²) < 4.78 is 7.58. The third-order valence-corrected chi connectivity index (χ3v) is 4.25. The summed E-state index contributed by atoms with van der Waals surface area (Å²) in [6, 6.07) is 8.73. The SMILES string of the molecule is COCCn1c(C2NCCCC2C)nc2ccccc21. The molecule has 108 valence electrons. The first-order valence-corrected chi connectivity index (χ1v) is 7.48. The Hall–Kier alpha value is -1.39. The molecule has 0 radical (unpaired) electrons. The van der Waals surface area contributed by atoms with Crippen LogP contribution in [0.4, 0.5) is 0 Å². The molecule has 4 heteroatoms. The predicted octanol–water partition coefficient (Wildman–Crippen LogP) is 2.74. The van der Waals surface area contributed by atoms with Gasteiger partial charge in [-0.05, 0) is 37.4 Å². The third-order valence-electron chi connectivity index (χ3n) is 4.25. The summed E-state index contributed by atoms with van der Waals surface area (Å²) in [5.41, 5.74) is 2.29. The summed E-state index contributed by atoms with van der Waals surface area (Å²) >= 11 is 0. The van der Waals surface area contributed by atoms with Gasteiger partial charge in [-0.15, -0.1) is 0 Å². The van der Waals surface area contributed by atoms with Crippen LogP contribution in [0.25, 0.3) is 11.0 Å². The topological polar surface area (TPSA) is 39.1 Å². The molecule has 0 saturated carbocycles. The lowest BCUT2D eigenvalue weighted by Gasteiger charge is -2.30. The molecule has 2 unspecified atom stereocenters. The van der Waals surface area contributed by atoms with E-state index in [1.54, 1.807) is 7.11 Å². The minimum atomic E-state index is 0.355. The highest BCUT2D eigenvalue weighted by atomic mass is 16.5. The fraction of sp³-hybridized carbons (Fsp3) is 0.562. The van der Waals surface area contributed by atoms with E-state index in [1.807, 2.05) is 0 Å². The summed E-state index contributed by atoms with van der Waals surface area (Å²) in [6.45, 7) is 4.98. The van der Waals surface area contributed by atoms with Crippen molar-refractivity contribution in [2.45, 2.75) is 32.4 Å². The van der Waals surface area contributed by atoms with Crippen LogP contribution in [0.5, 0.6) is 0 Å². The summed E-state index contributed by atoms with van der Waals surface area (Å²) in [5.74, 6) is 1.79. The molecule has 0 aliphatic carbocycles. The predicted molar refractivity (Wildman–Crippen MR) is 80.8 cm³/mol. The van der Waals surface area contributed by atoms with Gasteiger partial charge in [0.1, 0.15) is 5.82 Å². The standard InChI is InChI=1S/C16H23N3O/c1-12-6-5-9-17-15(12)16-18-13-7-3-4-8-14(13)19(16)10-11-20-2/h3-4,7-8,12,15,17H,5-6,9-11H2,1-2H3. The number of nitrogens with one attached hydrogen (secondary N) is 1.